The predicted octanol–water partition coefficient (Wildman–Crippen LogP) is 1.08. The number of hydrogen-bond donors (Lipinski definition) is 6. The van der Waals surface area contributed by atoms with Crippen LogP contribution < -0.4 is 4.74 Å². The molecule has 0 saturated heterocycles. The van der Waals surface area contributed by atoms with Gasteiger partial charge in [0, 0.05) is 23.6 Å². The van der Waals surface area contributed by atoms with Crippen molar-refractivity contribution in [2.75, 3.05) is 0 Å². The smallest absolute Gasteiger partial charge is 0.397 e. The van der Waals surface area contributed by atoms with Gasteiger partial charge >= 0.3 is 10.4 Å². The van der Waals surface area contributed by atoms with E-state index < -0.39 is 45.6 Å². The van der Waals surface area contributed by atoms with Crippen LogP contribution in [0.4, 0.5) is 0 Å². The summed E-state index contributed by atoms with van der Waals surface area (Å²) in [5, 5.41) is 48.3. The summed E-state index contributed by atoms with van der Waals surface area (Å²) in [7, 11) is -4.90. The molecule has 0 aliphatic carbocycles. The van der Waals surface area contributed by atoms with Crippen molar-refractivity contribution in [2.24, 2.45) is 0 Å². The van der Waals surface area contributed by atoms with Crippen molar-refractivity contribution in [3.8, 4) is 34.5 Å². The largest absolute Gasteiger partial charge is 0.508 e. The highest BCUT2D eigenvalue weighted by Crippen LogP contribution is 2.46. The Kier molecular flexibility index (Phi) is 4.22. The zero-order valence-electron chi connectivity index (χ0n) is 12.9. The van der Waals surface area contributed by atoms with Gasteiger partial charge in [0.05, 0.1) is 0 Å². The van der Waals surface area contributed by atoms with E-state index in [0.29, 0.717) is 0 Å². The van der Waals surface area contributed by atoms with Gasteiger partial charge in [0.1, 0.15) is 11.9 Å². The number of phenols is 5. The number of benzene rings is 2. The molecule has 140 valence electrons. The first-order valence-corrected chi connectivity index (χ1v) is 8.53. The Morgan fingerprint density at radius 1 is 0.962 bits per heavy atom. The molecule has 0 amide bonds. The van der Waals surface area contributed by atoms with Crippen molar-refractivity contribution >= 4 is 10.4 Å². The summed E-state index contributed by atoms with van der Waals surface area (Å²) in [6.45, 7) is 0. The fraction of sp³-hybridized carbons (Fsp3) is 0.200. The number of fused-ring (bicyclic) bond motifs is 1. The molecule has 0 aromatic heterocycles. The average Bonchev–Trinajstić information content (AvgIpc) is 2.49. The molecule has 0 saturated carbocycles. The summed E-state index contributed by atoms with van der Waals surface area (Å²) in [6.07, 6.45) is -2.86. The van der Waals surface area contributed by atoms with E-state index in [4.69, 9.17) is 9.29 Å². The van der Waals surface area contributed by atoms with Crippen LogP contribution >= 0.6 is 0 Å². The first kappa shape index (κ1) is 17.9. The summed E-state index contributed by atoms with van der Waals surface area (Å²) < 4.78 is 41.5. The maximum Gasteiger partial charge on any atom is 0.397 e. The van der Waals surface area contributed by atoms with Crippen LogP contribution in [0.3, 0.4) is 0 Å². The first-order chi connectivity index (χ1) is 12.0. The lowest BCUT2D eigenvalue weighted by atomic mass is 9.94. The monoisotopic (exact) mass is 386 g/mol. The van der Waals surface area contributed by atoms with Crippen LogP contribution in [0.15, 0.2) is 24.3 Å². The molecule has 0 fully saturated rings. The third kappa shape index (κ3) is 3.40. The molecule has 11 heteroatoms. The van der Waals surface area contributed by atoms with E-state index in [1.807, 2.05) is 0 Å². The molecule has 2 aromatic carbocycles. The molecule has 1 aliphatic rings. The van der Waals surface area contributed by atoms with Crippen molar-refractivity contribution in [2.45, 2.75) is 18.6 Å². The summed E-state index contributed by atoms with van der Waals surface area (Å²) in [5.74, 6) is -2.98. The second-order valence-corrected chi connectivity index (χ2v) is 6.71. The van der Waals surface area contributed by atoms with Crippen LogP contribution in [0.5, 0.6) is 34.5 Å². The van der Waals surface area contributed by atoms with Crippen molar-refractivity contribution in [3.05, 3.63) is 35.4 Å². The van der Waals surface area contributed by atoms with Crippen LogP contribution in [0, 0.1) is 0 Å². The summed E-state index contributed by atoms with van der Waals surface area (Å²) in [4.78, 5) is 0. The van der Waals surface area contributed by atoms with Gasteiger partial charge in [0.25, 0.3) is 0 Å². The minimum absolute atomic E-state index is 0.00424. The van der Waals surface area contributed by atoms with Crippen LogP contribution in [-0.4, -0.2) is 44.6 Å². The molecule has 1 heterocycles. The molecular formula is C15H14O10S. The minimum Gasteiger partial charge on any atom is -0.508 e. The highest BCUT2D eigenvalue weighted by Gasteiger charge is 2.37. The predicted molar refractivity (Wildman–Crippen MR) is 84.7 cm³/mol. The van der Waals surface area contributed by atoms with E-state index in [-0.39, 0.29) is 29.0 Å². The number of rotatable bonds is 3. The normalized spacial score (nSPS) is 19.6. The van der Waals surface area contributed by atoms with Gasteiger partial charge in [-0.15, -0.1) is 0 Å². The highest BCUT2D eigenvalue weighted by molar-refractivity contribution is 7.80. The van der Waals surface area contributed by atoms with Crippen LogP contribution in [0.2, 0.25) is 0 Å². The van der Waals surface area contributed by atoms with E-state index >= 15 is 0 Å². The molecule has 6 N–H and O–H groups in total. The lowest BCUT2D eigenvalue weighted by Crippen LogP contribution is -2.34. The van der Waals surface area contributed by atoms with Crippen molar-refractivity contribution in [3.63, 3.8) is 0 Å². The van der Waals surface area contributed by atoms with Crippen molar-refractivity contribution in [1.29, 1.82) is 0 Å². The Bertz CT molecular complexity index is 946. The number of aromatic hydroxyl groups is 5. The van der Waals surface area contributed by atoms with E-state index in [9.17, 15) is 34.0 Å². The first-order valence-electron chi connectivity index (χ1n) is 7.17. The molecular weight excluding hydrogens is 372 g/mol. The van der Waals surface area contributed by atoms with E-state index in [1.54, 1.807) is 0 Å². The fourth-order valence-corrected chi connectivity index (χ4v) is 3.26. The zero-order chi connectivity index (χ0) is 19.2. The van der Waals surface area contributed by atoms with Crippen LogP contribution in [0.25, 0.3) is 0 Å². The van der Waals surface area contributed by atoms with Gasteiger partial charge in [0.15, 0.2) is 34.9 Å². The number of phenolic OH excluding ortho intramolecular Hbond substituents is 5. The molecule has 10 nitrogen and oxygen atoms in total. The molecule has 1 aliphatic heterocycles. The molecule has 2 atom stereocenters. The van der Waals surface area contributed by atoms with Gasteiger partial charge in [-0.25, -0.2) is 4.18 Å². The van der Waals surface area contributed by atoms with Gasteiger partial charge in [0.2, 0.25) is 0 Å². The number of hydrogen-bond acceptors (Lipinski definition) is 9. The van der Waals surface area contributed by atoms with Gasteiger partial charge in [-0.05, 0) is 18.2 Å². The quantitative estimate of drug-likeness (QED) is 0.331. The molecule has 3 rings (SSSR count). The Labute approximate surface area is 147 Å². The van der Waals surface area contributed by atoms with Crippen molar-refractivity contribution < 1.29 is 47.4 Å². The number of ether oxygens (including phenoxy) is 1. The van der Waals surface area contributed by atoms with Gasteiger partial charge < -0.3 is 30.3 Å². The van der Waals surface area contributed by atoms with E-state index in [0.717, 1.165) is 18.2 Å². The molecule has 2 aromatic rings. The molecule has 26 heavy (non-hydrogen) atoms. The maximum absolute atomic E-state index is 11.2. The topological polar surface area (TPSA) is 174 Å². The summed E-state index contributed by atoms with van der Waals surface area (Å²) in [6, 6.07) is 4.23. The Hall–Kier alpha value is -2.89. The van der Waals surface area contributed by atoms with Gasteiger partial charge in [-0.1, -0.05) is 0 Å². The lowest BCUT2D eigenvalue weighted by Gasteiger charge is -2.33. The van der Waals surface area contributed by atoms with E-state index in [2.05, 4.69) is 4.18 Å². The van der Waals surface area contributed by atoms with Gasteiger partial charge in [-0.2, -0.15) is 8.42 Å². The summed E-state index contributed by atoms with van der Waals surface area (Å²) >= 11 is 0. The standard InChI is InChI=1S/C15H14O10S/c16-8-1-6-4-12(25-26(21,22)23)15(24-14(6)11(19)5-8)7-2-9(17)13(20)10(18)3-7/h1-3,5,12,15-20H,4H2,(H,21,22,23). The molecule has 2 unspecified atom stereocenters. The maximum atomic E-state index is 11.2. The Balaban J connectivity index is 2.11. The molecule has 0 radical (unpaired) electrons. The Morgan fingerprint density at radius 2 is 1.58 bits per heavy atom. The van der Waals surface area contributed by atoms with Crippen LogP contribution in [-0.2, 0) is 21.0 Å². The highest BCUT2D eigenvalue weighted by atomic mass is 32.3. The average molecular weight is 386 g/mol. The second-order valence-electron chi connectivity index (χ2n) is 5.67. The third-order valence-corrected chi connectivity index (χ3v) is 4.29. The van der Waals surface area contributed by atoms with E-state index in [1.165, 1.54) is 6.07 Å². The van der Waals surface area contributed by atoms with Crippen molar-refractivity contribution in [1.82, 2.24) is 0 Å². The minimum atomic E-state index is -4.90. The van der Waals surface area contributed by atoms with Crippen LogP contribution in [0.1, 0.15) is 17.2 Å². The fourth-order valence-electron chi connectivity index (χ4n) is 2.78. The zero-order valence-corrected chi connectivity index (χ0v) is 13.7. The van der Waals surface area contributed by atoms with Gasteiger partial charge in [-0.3, -0.25) is 4.55 Å². The lowest BCUT2D eigenvalue weighted by molar-refractivity contribution is 0.0323. The Morgan fingerprint density at radius 3 is 2.15 bits per heavy atom. The second kappa shape index (κ2) is 6.12. The summed E-state index contributed by atoms with van der Waals surface area (Å²) in [5.41, 5.74) is 0.212. The molecule has 0 bridgehead atoms. The SMILES string of the molecule is O=S(=O)(O)OC1Cc2cc(O)cc(O)c2OC1c1cc(O)c(O)c(O)c1. The third-order valence-electron chi connectivity index (χ3n) is 3.80. The molecule has 0 spiro atoms.